The molecule has 0 unspecified atom stereocenters. The summed E-state index contributed by atoms with van der Waals surface area (Å²) in [4.78, 5) is 20.5. The number of aromatic nitrogens is 2. The fraction of sp³-hybridized carbons (Fsp3) is 0.357. The molecule has 1 aliphatic heterocycles. The van der Waals surface area contributed by atoms with E-state index in [1.54, 1.807) is 27.0 Å². The second-order valence-corrected chi connectivity index (χ2v) is 9.65. The van der Waals surface area contributed by atoms with Gasteiger partial charge in [-0.1, -0.05) is 12.1 Å². The minimum atomic E-state index is -0.933. The summed E-state index contributed by atoms with van der Waals surface area (Å²) in [6, 6.07) is 11.6. The van der Waals surface area contributed by atoms with E-state index in [-0.39, 0.29) is 6.42 Å². The monoisotopic (exact) mass is 490 g/mol. The molecule has 190 valence electrons. The van der Waals surface area contributed by atoms with E-state index in [9.17, 15) is 9.90 Å². The number of carboxylic acid groups (broad SMARTS) is 1. The number of aryl methyl sites for hydroxylation is 2. The molecule has 0 radical (unpaired) electrons. The van der Waals surface area contributed by atoms with Crippen LogP contribution in [0.2, 0.25) is 0 Å². The molecule has 8 heteroatoms. The van der Waals surface area contributed by atoms with Crippen LogP contribution < -0.4 is 10.1 Å². The summed E-state index contributed by atoms with van der Waals surface area (Å²) in [6.45, 7) is 8.19. The third-order valence-corrected chi connectivity index (χ3v) is 5.38. The van der Waals surface area contributed by atoms with E-state index in [1.807, 2.05) is 43.3 Å². The Morgan fingerprint density at radius 3 is 2.64 bits per heavy atom. The highest BCUT2D eigenvalue weighted by atomic mass is 16.5. The van der Waals surface area contributed by atoms with Crippen LogP contribution in [0.5, 0.6) is 5.75 Å². The predicted octanol–water partition coefficient (Wildman–Crippen LogP) is 4.79. The molecule has 0 amide bonds. The molecule has 0 saturated carbocycles. The van der Waals surface area contributed by atoms with Gasteiger partial charge in [0.15, 0.2) is 0 Å². The van der Waals surface area contributed by atoms with E-state index in [1.165, 1.54) is 6.21 Å². The maximum Gasteiger partial charge on any atom is 0.307 e. The van der Waals surface area contributed by atoms with Gasteiger partial charge < -0.3 is 25.7 Å². The number of carboxylic acids is 1. The van der Waals surface area contributed by atoms with Crippen molar-refractivity contribution in [1.29, 1.82) is 5.41 Å². The Hall–Kier alpha value is -3.78. The van der Waals surface area contributed by atoms with Gasteiger partial charge in [0.25, 0.3) is 0 Å². The number of hydrogen-bond donors (Lipinski definition) is 4. The predicted molar refractivity (Wildman–Crippen MR) is 141 cm³/mol. The SMILES string of the molecule is CC(C)(C)O.Cc1nc(NCc2ccccn2)c(C=N)c(-c2ccc3c(c2)CCCO3)c1CC(=O)O. The van der Waals surface area contributed by atoms with Gasteiger partial charge in [0.2, 0.25) is 0 Å². The zero-order valence-electron chi connectivity index (χ0n) is 21.3. The van der Waals surface area contributed by atoms with E-state index < -0.39 is 11.6 Å². The van der Waals surface area contributed by atoms with Crippen molar-refractivity contribution in [2.75, 3.05) is 11.9 Å². The summed E-state index contributed by atoms with van der Waals surface area (Å²) in [7, 11) is 0. The van der Waals surface area contributed by atoms with Crippen molar-refractivity contribution in [3.8, 4) is 16.9 Å². The van der Waals surface area contributed by atoms with E-state index in [0.29, 0.717) is 35.8 Å². The number of aliphatic carboxylic acids is 1. The number of aliphatic hydroxyl groups is 1. The summed E-state index contributed by atoms with van der Waals surface area (Å²) < 4.78 is 5.73. The molecule has 0 bridgehead atoms. The molecule has 0 atom stereocenters. The van der Waals surface area contributed by atoms with Crippen molar-refractivity contribution in [3.05, 3.63) is 70.7 Å². The lowest BCUT2D eigenvalue weighted by Gasteiger charge is -2.21. The van der Waals surface area contributed by atoms with Crippen LogP contribution >= 0.6 is 0 Å². The second-order valence-electron chi connectivity index (χ2n) is 9.65. The van der Waals surface area contributed by atoms with Crippen LogP contribution in [-0.2, 0) is 24.2 Å². The van der Waals surface area contributed by atoms with E-state index in [2.05, 4.69) is 15.3 Å². The summed E-state index contributed by atoms with van der Waals surface area (Å²) in [5.74, 6) is 0.472. The summed E-state index contributed by atoms with van der Waals surface area (Å²) in [6.07, 6.45) is 4.66. The fourth-order valence-corrected chi connectivity index (χ4v) is 3.92. The summed E-state index contributed by atoms with van der Waals surface area (Å²) >= 11 is 0. The van der Waals surface area contributed by atoms with Crippen molar-refractivity contribution < 1.29 is 19.7 Å². The lowest BCUT2D eigenvalue weighted by atomic mass is 9.90. The van der Waals surface area contributed by atoms with Gasteiger partial charge in [-0.15, -0.1) is 0 Å². The van der Waals surface area contributed by atoms with Gasteiger partial charge in [0, 0.05) is 23.7 Å². The lowest BCUT2D eigenvalue weighted by Crippen LogP contribution is -2.13. The molecule has 0 fully saturated rings. The Labute approximate surface area is 211 Å². The number of nitrogens with zero attached hydrogens (tertiary/aromatic N) is 2. The summed E-state index contributed by atoms with van der Waals surface area (Å²) in [5.41, 5.74) is 4.84. The minimum absolute atomic E-state index is 0.164. The van der Waals surface area contributed by atoms with Gasteiger partial charge in [0.1, 0.15) is 11.6 Å². The summed E-state index contributed by atoms with van der Waals surface area (Å²) in [5, 5.41) is 29.4. The van der Waals surface area contributed by atoms with E-state index in [0.717, 1.165) is 41.0 Å². The molecule has 8 nitrogen and oxygen atoms in total. The topological polar surface area (TPSA) is 128 Å². The highest BCUT2D eigenvalue weighted by Gasteiger charge is 2.21. The minimum Gasteiger partial charge on any atom is -0.493 e. The van der Waals surface area contributed by atoms with Gasteiger partial charge in [-0.05, 0) is 87.1 Å². The van der Waals surface area contributed by atoms with Crippen molar-refractivity contribution in [2.45, 2.75) is 59.1 Å². The van der Waals surface area contributed by atoms with Crippen LogP contribution in [0, 0.1) is 12.3 Å². The van der Waals surface area contributed by atoms with Crippen molar-refractivity contribution in [1.82, 2.24) is 9.97 Å². The standard InChI is InChI=1S/C24H24N4O3.C4H10O/c1-15-19(12-22(29)30)23(17-7-8-21-16(11-17)5-4-10-31-21)20(13-25)24(28-15)27-14-18-6-2-3-9-26-18;1-4(2,3)5/h2-3,6-9,11,13,25H,4-5,10,12,14H2,1H3,(H,27,28)(H,29,30);5H,1-3H3. The van der Waals surface area contributed by atoms with Crippen LogP contribution in [-0.4, -0.2) is 44.6 Å². The van der Waals surface area contributed by atoms with Crippen LogP contribution in [0.1, 0.15) is 55.3 Å². The normalized spacial score (nSPS) is 12.5. The zero-order valence-corrected chi connectivity index (χ0v) is 21.3. The molecule has 0 aliphatic carbocycles. The van der Waals surface area contributed by atoms with Crippen molar-refractivity contribution in [3.63, 3.8) is 0 Å². The van der Waals surface area contributed by atoms with E-state index in [4.69, 9.17) is 15.3 Å². The zero-order chi connectivity index (χ0) is 26.3. The first-order chi connectivity index (χ1) is 17.1. The molecule has 1 aliphatic rings. The van der Waals surface area contributed by atoms with Crippen LogP contribution in [0.25, 0.3) is 11.1 Å². The highest BCUT2D eigenvalue weighted by Crippen LogP contribution is 2.36. The molecule has 36 heavy (non-hydrogen) atoms. The molecule has 0 saturated heterocycles. The Balaban J connectivity index is 0.000000658. The maximum absolute atomic E-state index is 11.6. The molecule has 4 N–H and O–H groups in total. The number of nitrogens with one attached hydrogen (secondary N) is 2. The fourth-order valence-electron chi connectivity index (χ4n) is 3.92. The van der Waals surface area contributed by atoms with Gasteiger partial charge in [-0.2, -0.15) is 0 Å². The molecular weight excluding hydrogens is 456 g/mol. The average Bonchev–Trinajstić information content (AvgIpc) is 2.83. The molecular formula is C28H34N4O4. The number of hydrogen-bond acceptors (Lipinski definition) is 7. The van der Waals surface area contributed by atoms with E-state index >= 15 is 0 Å². The molecule has 2 aromatic heterocycles. The highest BCUT2D eigenvalue weighted by molar-refractivity contribution is 5.97. The molecule has 4 rings (SSSR count). The van der Waals surface area contributed by atoms with Crippen molar-refractivity contribution in [2.24, 2.45) is 0 Å². The molecule has 0 spiro atoms. The first kappa shape index (κ1) is 26.8. The number of carbonyl (C=O) groups is 1. The second kappa shape index (κ2) is 11.8. The van der Waals surface area contributed by atoms with Gasteiger partial charge in [0.05, 0.1) is 30.9 Å². The number of rotatable bonds is 7. The number of ether oxygens (including phenoxy) is 1. The van der Waals surface area contributed by atoms with Crippen LogP contribution in [0.4, 0.5) is 5.82 Å². The van der Waals surface area contributed by atoms with Crippen LogP contribution in [0.3, 0.4) is 0 Å². The molecule has 1 aromatic carbocycles. The molecule has 3 heterocycles. The Morgan fingerprint density at radius 1 is 1.25 bits per heavy atom. The quantitative estimate of drug-likeness (QED) is 0.351. The Bertz CT molecular complexity index is 1210. The number of anilines is 1. The smallest absolute Gasteiger partial charge is 0.307 e. The number of pyridine rings is 2. The maximum atomic E-state index is 11.6. The first-order valence-electron chi connectivity index (χ1n) is 11.9. The average molecular weight is 491 g/mol. The Morgan fingerprint density at radius 2 is 2.00 bits per heavy atom. The van der Waals surface area contributed by atoms with Crippen LogP contribution in [0.15, 0.2) is 42.6 Å². The first-order valence-corrected chi connectivity index (χ1v) is 11.9. The van der Waals surface area contributed by atoms with Gasteiger partial charge >= 0.3 is 5.97 Å². The van der Waals surface area contributed by atoms with Crippen molar-refractivity contribution >= 4 is 18.0 Å². The number of benzene rings is 1. The van der Waals surface area contributed by atoms with Gasteiger partial charge in [-0.3, -0.25) is 9.78 Å². The number of fused-ring (bicyclic) bond motifs is 1. The Kier molecular flexibility index (Phi) is 8.77. The lowest BCUT2D eigenvalue weighted by molar-refractivity contribution is -0.136. The largest absolute Gasteiger partial charge is 0.493 e. The molecule has 3 aromatic rings. The third-order valence-electron chi connectivity index (χ3n) is 5.38. The third kappa shape index (κ3) is 7.36. The van der Waals surface area contributed by atoms with Gasteiger partial charge in [-0.25, -0.2) is 4.98 Å².